The fourth-order valence-corrected chi connectivity index (χ4v) is 2.24. The van der Waals surface area contributed by atoms with E-state index in [-0.39, 0.29) is 24.1 Å². The van der Waals surface area contributed by atoms with Crippen molar-refractivity contribution in [3.63, 3.8) is 0 Å². The van der Waals surface area contributed by atoms with Crippen LogP contribution in [0.1, 0.15) is 12.5 Å². The summed E-state index contributed by atoms with van der Waals surface area (Å²) in [6.45, 7) is 2.16. The molecule has 19 heavy (non-hydrogen) atoms. The number of sulfone groups is 1. The Balaban J connectivity index is 2.37. The highest BCUT2D eigenvalue weighted by Crippen LogP contribution is 1.97. The highest BCUT2D eigenvalue weighted by Gasteiger charge is 2.13. The summed E-state index contributed by atoms with van der Waals surface area (Å²) in [5.74, 6) is 0.0818. The summed E-state index contributed by atoms with van der Waals surface area (Å²) in [5.41, 5.74) is 0.894. The largest absolute Gasteiger partial charge is 0.334 e. The van der Waals surface area contributed by atoms with Crippen LogP contribution in [0.3, 0.4) is 0 Å². The van der Waals surface area contributed by atoms with Gasteiger partial charge in [0.1, 0.15) is 0 Å². The number of aromatic nitrogens is 2. The van der Waals surface area contributed by atoms with E-state index in [1.165, 1.54) is 4.90 Å². The molecule has 1 rings (SSSR count). The van der Waals surface area contributed by atoms with Crippen molar-refractivity contribution in [2.24, 2.45) is 7.05 Å². The fraction of sp³-hybridized carbons (Fsp3) is 0.636. The van der Waals surface area contributed by atoms with Gasteiger partial charge >= 0.3 is 6.03 Å². The van der Waals surface area contributed by atoms with E-state index in [1.807, 2.05) is 6.20 Å². The van der Waals surface area contributed by atoms with Gasteiger partial charge in [-0.3, -0.25) is 4.68 Å². The van der Waals surface area contributed by atoms with Crippen LogP contribution in [0, 0.1) is 0 Å². The second-order valence-corrected chi connectivity index (χ2v) is 6.81. The van der Waals surface area contributed by atoms with Crippen molar-refractivity contribution in [3.8, 4) is 0 Å². The molecule has 8 heteroatoms. The second-order valence-electron chi connectivity index (χ2n) is 4.34. The number of urea groups is 1. The van der Waals surface area contributed by atoms with E-state index in [0.717, 1.165) is 5.56 Å². The van der Waals surface area contributed by atoms with E-state index in [9.17, 15) is 13.2 Å². The number of hydrogen-bond donors (Lipinski definition) is 1. The van der Waals surface area contributed by atoms with E-state index >= 15 is 0 Å². The minimum atomic E-state index is -3.05. The minimum absolute atomic E-state index is 0.0136. The molecule has 0 spiro atoms. The topological polar surface area (TPSA) is 84.3 Å². The lowest BCUT2D eigenvalue weighted by molar-refractivity contribution is 0.211. The van der Waals surface area contributed by atoms with Crippen LogP contribution in [-0.4, -0.2) is 54.2 Å². The number of rotatable bonds is 6. The number of amides is 2. The summed E-state index contributed by atoms with van der Waals surface area (Å²) in [4.78, 5) is 13.1. The lowest BCUT2D eigenvalue weighted by Crippen LogP contribution is -2.39. The summed E-state index contributed by atoms with van der Waals surface area (Å²) in [5, 5.41) is 6.70. The first kappa shape index (κ1) is 15.5. The molecule has 0 atom stereocenters. The minimum Gasteiger partial charge on any atom is -0.334 e. The summed E-state index contributed by atoms with van der Waals surface area (Å²) >= 11 is 0. The zero-order chi connectivity index (χ0) is 14.5. The Morgan fingerprint density at radius 1 is 1.53 bits per heavy atom. The van der Waals surface area contributed by atoms with Gasteiger partial charge in [-0.25, -0.2) is 13.2 Å². The Kier molecular flexibility index (Phi) is 5.34. The molecule has 1 N–H and O–H groups in total. The number of nitrogens with one attached hydrogen (secondary N) is 1. The zero-order valence-electron chi connectivity index (χ0n) is 11.5. The molecule has 0 aliphatic heterocycles. The predicted octanol–water partition coefficient (Wildman–Crippen LogP) is -0.00380. The molecule has 0 bridgehead atoms. The number of hydrogen-bond acceptors (Lipinski definition) is 4. The van der Waals surface area contributed by atoms with Crippen molar-refractivity contribution in [1.82, 2.24) is 20.0 Å². The molecule has 0 fully saturated rings. The van der Waals surface area contributed by atoms with E-state index in [2.05, 4.69) is 10.4 Å². The molecule has 0 saturated carbocycles. The Hall–Kier alpha value is -1.57. The van der Waals surface area contributed by atoms with Crippen LogP contribution < -0.4 is 5.32 Å². The summed E-state index contributed by atoms with van der Waals surface area (Å²) < 4.78 is 24.3. The lowest BCUT2D eigenvalue weighted by atomic mass is 10.4. The van der Waals surface area contributed by atoms with Gasteiger partial charge in [0, 0.05) is 44.7 Å². The molecule has 0 radical (unpaired) electrons. The Morgan fingerprint density at radius 2 is 2.21 bits per heavy atom. The van der Waals surface area contributed by atoms with Crippen LogP contribution in [0.4, 0.5) is 4.79 Å². The molecule has 7 nitrogen and oxygen atoms in total. The smallest absolute Gasteiger partial charge is 0.317 e. The van der Waals surface area contributed by atoms with Gasteiger partial charge in [0.25, 0.3) is 0 Å². The Bertz CT molecular complexity index is 524. The molecule has 1 aromatic heterocycles. The van der Waals surface area contributed by atoms with Crippen LogP contribution in [0.5, 0.6) is 0 Å². The van der Waals surface area contributed by atoms with Gasteiger partial charge in [-0.1, -0.05) is 6.92 Å². The van der Waals surface area contributed by atoms with Crippen molar-refractivity contribution in [1.29, 1.82) is 0 Å². The van der Waals surface area contributed by atoms with Crippen molar-refractivity contribution in [2.45, 2.75) is 13.5 Å². The highest BCUT2D eigenvalue weighted by atomic mass is 32.2. The average molecular weight is 288 g/mol. The van der Waals surface area contributed by atoms with Gasteiger partial charge in [-0.2, -0.15) is 5.10 Å². The van der Waals surface area contributed by atoms with Crippen LogP contribution in [0.2, 0.25) is 0 Å². The number of carbonyl (C=O) groups excluding carboxylic acids is 1. The third-order valence-electron chi connectivity index (χ3n) is 2.73. The normalized spacial score (nSPS) is 11.3. The monoisotopic (exact) mass is 288 g/mol. The molecule has 108 valence electrons. The van der Waals surface area contributed by atoms with E-state index in [1.54, 1.807) is 31.9 Å². The van der Waals surface area contributed by atoms with Gasteiger partial charge < -0.3 is 10.2 Å². The van der Waals surface area contributed by atoms with Crippen LogP contribution in [-0.2, 0) is 23.4 Å². The standard InChI is InChI=1S/C11H20N4O3S/c1-4-19(17,18)6-5-14(2)11(16)12-7-10-8-13-15(3)9-10/h8-9H,4-7H2,1-3H3,(H,12,16). The van der Waals surface area contributed by atoms with E-state index in [0.29, 0.717) is 6.54 Å². The first-order chi connectivity index (χ1) is 8.84. The summed E-state index contributed by atoms with van der Waals surface area (Å²) in [6, 6.07) is -0.296. The maximum absolute atomic E-state index is 11.7. The van der Waals surface area contributed by atoms with Gasteiger partial charge in [0.05, 0.1) is 11.9 Å². The fourth-order valence-electron chi connectivity index (χ4n) is 1.40. The third kappa shape index (κ3) is 5.29. The number of carbonyl (C=O) groups is 1. The first-order valence-electron chi connectivity index (χ1n) is 6.01. The quantitative estimate of drug-likeness (QED) is 0.798. The van der Waals surface area contributed by atoms with Gasteiger partial charge in [0.15, 0.2) is 9.84 Å². The second kappa shape index (κ2) is 6.55. The van der Waals surface area contributed by atoms with Crippen molar-refractivity contribution in [2.75, 3.05) is 25.1 Å². The average Bonchev–Trinajstić information content (AvgIpc) is 2.79. The van der Waals surface area contributed by atoms with Gasteiger partial charge in [-0.15, -0.1) is 0 Å². The van der Waals surface area contributed by atoms with Crippen molar-refractivity contribution >= 4 is 15.9 Å². The maximum Gasteiger partial charge on any atom is 0.317 e. The van der Waals surface area contributed by atoms with Crippen LogP contribution in [0.25, 0.3) is 0 Å². The molecule has 0 aliphatic rings. The third-order valence-corrected chi connectivity index (χ3v) is 4.41. The van der Waals surface area contributed by atoms with E-state index < -0.39 is 9.84 Å². The molecular formula is C11H20N4O3S. The number of aryl methyl sites for hydroxylation is 1. The van der Waals surface area contributed by atoms with Gasteiger partial charge in [-0.05, 0) is 0 Å². The molecule has 0 unspecified atom stereocenters. The van der Waals surface area contributed by atoms with Crippen LogP contribution in [0.15, 0.2) is 12.4 Å². The van der Waals surface area contributed by atoms with Gasteiger partial charge in [0.2, 0.25) is 0 Å². The molecule has 0 saturated heterocycles. The molecule has 1 aromatic rings. The molecule has 0 aliphatic carbocycles. The summed E-state index contributed by atoms with van der Waals surface area (Å²) in [6.07, 6.45) is 3.48. The van der Waals surface area contributed by atoms with Crippen molar-refractivity contribution in [3.05, 3.63) is 18.0 Å². The first-order valence-corrected chi connectivity index (χ1v) is 7.83. The predicted molar refractivity (Wildman–Crippen MR) is 72.4 cm³/mol. The Morgan fingerprint density at radius 3 is 2.74 bits per heavy atom. The Labute approximate surface area is 113 Å². The number of nitrogens with zero attached hydrogens (tertiary/aromatic N) is 3. The van der Waals surface area contributed by atoms with Crippen molar-refractivity contribution < 1.29 is 13.2 Å². The van der Waals surface area contributed by atoms with Crippen LogP contribution >= 0.6 is 0 Å². The molecule has 1 heterocycles. The zero-order valence-corrected chi connectivity index (χ0v) is 12.3. The van der Waals surface area contributed by atoms with E-state index in [4.69, 9.17) is 0 Å². The SMILES string of the molecule is CCS(=O)(=O)CCN(C)C(=O)NCc1cnn(C)c1. The lowest BCUT2D eigenvalue weighted by Gasteiger charge is -2.17. The maximum atomic E-state index is 11.7. The molecule has 0 aromatic carbocycles. The molecule has 2 amide bonds. The molecular weight excluding hydrogens is 268 g/mol. The highest BCUT2D eigenvalue weighted by molar-refractivity contribution is 7.91. The summed E-state index contributed by atoms with van der Waals surface area (Å²) in [7, 11) is 0.325.